The lowest BCUT2D eigenvalue weighted by Gasteiger charge is -2.51. The second-order valence-electron chi connectivity index (χ2n) is 12.0. The fraction of sp³-hybridized carbons (Fsp3) is 0.455. The maximum atomic E-state index is 15.1. The Morgan fingerprint density at radius 3 is 2.47 bits per heavy atom. The van der Waals surface area contributed by atoms with Crippen molar-refractivity contribution in [3.63, 3.8) is 0 Å². The second kappa shape index (κ2) is 14.2. The number of alkyl halides is 6. The molecule has 2 aromatic heterocycles. The van der Waals surface area contributed by atoms with Gasteiger partial charge in [-0.05, 0) is 61.1 Å². The first-order valence-corrected chi connectivity index (χ1v) is 16.8. The SMILES string of the molecule is CCC[C@H]1N(C(=O)c2ncccc2C(F)(F)F)CCC[C@@]1(Oc1csc(C(F)(F)F)c1)C(=O)N1CCc2cc(Cl)ccc2[C@H]1CCC(=O)O. The van der Waals surface area contributed by atoms with Crippen LogP contribution in [0.4, 0.5) is 26.3 Å². The molecule has 1 aromatic carbocycles. The zero-order valence-corrected chi connectivity index (χ0v) is 27.7. The van der Waals surface area contributed by atoms with Crippen LogP contribution in [0.3, 0.4) is 0 Å². The summed E-state index contributed by atoms with van der Waals surface area (Å²) in [6.07, 6.45) is -8.29. The quantitative estimate of drug-likeness (QED) is 0.224. The van der Waals surface area contributed by atoms with Crippen LogP contribution in [0.1, 0.15) is 83.5 Å². The zero-order valence-electron chi connectivity index (χ0n) is 26.1. The van der Waals surface area contributed by atoms with Crippen molar-refractivity contribution in [3.8, 4) is 5.75 Å². The number of aromatic nitrogens is 1. The first kappa shape index (κ1) is 36.4. The molecule has 49 heavy (non-hydrogen) atoms. The van der Waals surface area contributed by atoms with E-state index >= 15 is 4.79 Å². The zero-order chi connectivity index (χ0) is 35.7. The summed E-state index contributed by atoms with van der Waals surface area (Å²) in [5.74, 6) is -3.22. The number of rotatable bonds is 9. The van der Waals surface area contributed by atoms with Crippen molar-refractivity contribution in [2.75, 3.05) is 13.1 Å². The number of carboxylic acid groups (broad SMARTS) is 1. The number of ether oxygens (including phenoxy) is 1. The minimum atomic E-state index is -4.93. The molecular formula is C33H32ClF6N3O5S. The molecule has 4 heterocycles. The smallest absolute Gasteiger partial charge is 0.425 e. The van der Waals surface area contributed by atoms with Gasteiger partial charge in [-0.15, -0.1) is 11.3 Å². The highest BCUT2D eigenvalue weighted by Crippen LogP contribution is 2.45. The summed E-state index contributed by atoms with van der Waals surface area (Å²) < 4.78 is 89.3. The van der Waals surface area contributed by atoms with Gasteiger partial charge in [0.1, 0.15) is 16.3 Å². The maximum Gasteiger partial charge on any atom is 0.425 e. The highest BCUT2D eigenvalue weighted by Gasteiger charge is 2.57. The Morgan fingerprint density at radius 1 is 1.06 bits per heavy atom. The number of hydrogen-bond donors (Lipinski definition) is 1. The van der Waals surface area contributed by atoms with Crippen LogP contribution in [0.15, 0.2) is 48.0 Å². The molecule has 0 bridgehead atoms. The standard InChI is InChI=1S/C33H32ClF6N3O5S/c1-2-5-25-31(48-21-17-26(49-18-21)33(38,39)40,12-4-14-43(25)29(46)28-23(32(35,36)37)6-3-13-41-28)30(47)42-15-11-19-16-20(34)7-8-22(19)24(42)9-10-27(44)45/h3,6-8,13,16-18,24-25H,2,4-5,9-12,14-15H2,1H3,(H,44,45)/t24-,25-,31+/m1/s1. The van der Waals surface area contributed by atoms with Crippen LogP contribution in [0.5, 0.6) is 5.75 Å². The molecule has 2 aliphatic rings. The molecule has 2 amide bonds. The molecule has 0 saturated carbocycles. The lowest BCUT2D eigenvalue weighted by Crippen LogP contribution is -2.68. The van der Waals surface area contributed by atoms with Gasteiger partial charge in [-0.2, -0.15) is 26.3 Å². The minimum Gasteiger partial charge on any atom is -0.481 e. The Balaban J connectivity index is 1.65. The molecule has 8 nitrogen and oxygen atoms in total. The fourth-order valence-corrected chi connectivity index (χ4v) is 7.69. The fourth-order valence-electron chi connectivity index (χ4n) is 6.81. The van der Waals surface area contributed by atoms with Gasteiger partial charge < -0.3 is 19.6 Å². The topological polar surface area (TPSA) is 100 Å². The van der Waals surface area contributed by atoms with Crippen molar-refractivity contribution >= 4 is 40.7 Å². The summed E-state index contributed by atoms with van der Waals surface area (Å²) in [5.41, 5.74) is -2.78. The first-order chi connectivity index (χ1) is 23.1. The Morgan fingerprint density at radius 2 is 1.82 bits per heavy atom. The molecule has 1 saturated heterocycles. The predicted molar refractivity (Wildman–Crippen MR) is 167 cm³/mol. The lowest BCUT2D eigenvalue weighted by atomic mass is 9.78. The summed E-state index contributed by atoms with van der Waals surface area (Å²) in [4.78, 5) is 46.1. The van der Waals surface area contributed by atoms with Crippen molar-refractivity contribution in [3.05, 3.63) is 80.3 Å². The average molecular weight is 732 g/mol. The number of piperidine rings is 1. The lowest BCUT2D eigenvalue weighted by molar-refractivity contribution is -0.163. The highest BCUT2D eigenvalue weighted by atomic mass is 35.5. The number of nitrogens with zero attached hydrogens (tertiary/aromatic N) is 3. The molecule has 0 unspecified atom stereocenters. The summed E-state index contributed by atoms with van der Waals surface area (Å²) >= 11 is 6.57. The molecule has 5 rings (SSSR count). The molecule has 3 atom stereocenters. The van der Waals surface area contributed by atoms with Gasteiger partial charge in [-0.3, -0.25) is 19.4 Å². The van der Waals surface area contributed by atoms with Crippen LogP contribution in [-0.4, -0.2) is 62.4 Å². The van der Waals surface area contributed by atoms with Gasteiger partial charge in [-0.25, -0.2) is 0 Å². The third kappa shape index (κ3) is 7.52. The number of carbonyl (C=O) groups is 3. The normalized spacial score (nSPS) is 21.3. The first-order valence-electron chi connectivity index (χ1n) is 15.6. The van der Waals surface area contributed by atoms with E-state index in [1.54, 1.807) is 25.1 Å². The largest absolute Gasteiger partial charge is 0.481 e. The number of hydrogen-bond acceptors (Lipinski definition) is 6. The molecule has 264 valence electrons. The Bertz CT molecular complexity index is 1720. The predicted octanol–water partition coefficient (Wildman–Crippen LogP) is 8.05. The summed E-state index contributed by atoms with van der Waals surface area (Å²) in [7, 11) is 0. The molecule has 0 radical (unpaired) electrons. The van der Waals surface area contributed by atoms with Crippen molar-refractivity contribution in [2.45, 2.75) is 81.9 Å². The van der Waals surface area contributed by atoms with E-state index in [4.69, 9.17) is 16.3 Å². The number of likely N-dealkylation sites (tertiary alicyclic amines) is 1. The van der Waals surface area contributed by atoms with Crippen LogP contribution in [0.25, 0.3) is 0 Å². The van der Waals surface area contributed by atoms with E-state index in [0.717, 1.165) is 40.2 Å². The number of benzene rings is 1. The number of halogens is 7. The third-order valence-electron chi connectivity index (χ3n) is 8.87. The number of aliphatic carboxylic acids is 1. The van der Waals surface area contributed by atoms with Gasteiger partial charge in [0, 0.05) is 48.6 Å². The van der Waals surface area contributed by atoms with Crippen LogP contribution in [0, 0.1) is 0 Å². The molecule has 1 fully saturated rings. The van der Waals surface area contributed by atoms with Gasteiger partial charge in [0.05, 0.1) is 17.6 Å². The van der Waals surface area contributed by atoms with Gasteiger partial charge in [0.25, 0.3) is 11.8 Å². The number of carboxylic acids is 1. The highest BCUT2D eigenvalue weighted by molar-refractivity contribution is 7.10. The van der Waals surface area contributed by atoms with Crippen molar-refractivity contribution in [2.24, 2.45) is 0 Å². The van der Waals surface area contributed by atoms with Crippen LogP contribution >= 0.6 is 22.9 Å². The summed E-state index contributed by atoms with van der Waals surface area (Å²) in [6.45, 7) is 1.72. The van der Waals surface area contributed by atoms with E-state index < -0.39 is 64.0 Å². The number of amides is 2. The molecule has 1 N–H and O–H groups in total. The van der Waals surface area contributed by atoms with Crippen molar-refractivity contribution in [1.82, 2.24) is 14.8 Å². The second-order valence-corrected chi connectivity index (χ2v) is 13.3. The van der Waals surface area contributed by atoms with E-state index in [1.807, 2.05) is 0 Å². The number of carbonyl (C=O) groups excluding carboxylic acids is 2. The van der Waals surface area contributed by atoms with Crippen LogP contribution in [0.2, 0.25) is 5.02 Å². The van der Waals surface area contributed by atoms with Crippen LogP contribution < -0.4 is 4.74 Å². The Labute approximate surface area is 286 Å². The Hall–Kier alpha value is -3.85. The van der Waals surface area contributed by atoms with Gasteiger partial charge in [0.2, 0.25) is 5.60 Å². The molecule has 3 aromatic rings. The molecule has 2 aliphatic heterocycles. The van der Waals surface area contributed by atoms with E-state index in [9.17, 15) is 41.0 Å². The Kier molecular flexibility index (Phi) is 10.5. The van der Waals surface area contributed by atoms with Crippen molar-refractivity contribution in [1.29, 1.82) is 0 Å². The molecule has 16 heteroatoms. The summed E-state index contributed by atoms with van der Waals surface area (Å²) in [6, 6.07) is 5.49. The van der Waals surface area contributed by atoms with E-state index in [-0.39, 0.29) is 50.9 Å². The van der Waals surface area contributed by atoms with E-state index in [0.29, 0.717) is 34.8 Å². The monoisotopic (exact) mass is 731 g/mol. The van der Waals surface area contributed by atoms with E-state index in [2.05, 4.69) is 4.98 Å². The molecule has 0 spiro atoms. The number of thiophene rings is 1. The van der Waals surface area contributed by atoms with Gasteiger partial charge in [-0.1, -0.05) is 31.0 Å². The summed E-state index contributed by atoms with van der Waals surface area (Å²) in [5, 5.41) is 11.1. The molecular weight excluding hydrogens is 700 g/mol. The average Bonchev–Trinajstić information content (AvgIpc) is 3.52. The van der Waals surface area contributed by atoms with Gasteiger partial charge >= 0.3 is 18.3 Å². The number of fused-ring (bicyclic) bond motifs is 1. The maximum absolute atomic E-state index is 15.1. The van der Waals surface area contributed by atoms with E-state index in [1.165, 1.54) is 4.90 Å². The number of pyridine rings is 1. The minimum absolute atomic E-state index is 0.0214. The third-order valence-corrected chi connectivity index (χ3v) is 10.1. The molecule has 0 aliphatic carbocycles. The van der Waals surface area contributed by atoms with Crippen molar-refractivity contribution < 1.29 is 50.6 Å². The van der Waals surface area contributed by atoms with Gasteiger partial charge in [0.15, 0.2) is 0 Å². The van der Waals surface area contributed by atoms with Crippen LogP contribution in [-0.2, 0) is 28.4 Å².